The van der Waals surface area contributed by atoms with Crippen LogP contribution in [0.3, 0.4) is 0 Å². The highest BCUT2D eigenvalue weighted by Crippen LogP contribution is 2.31. The number of phenolic OH excluding ortho intramolecular Hbond substituents is 1. The number of rotatable bonds is 1. The zero-order valence-corrected chi connectivity index (χ0v) is 10.1. The molecule has 19 heavy (non-hydrogen) atoms. The predicted octanol–water partition coefficient (Wildman–Crippen LogP) is 2.01. The SMILES string of the molecule is ON=C1CCCc2c1nc(-c1ccccc1O)n2O. The van der Waals surface area contributed by atoms with E-state index in [9.17, 15) is 10.3 Å². The third-order valence-electron chi connectivity index (χ3n) is 3.31. The number of phenols is 1. The number of nitrogens with zero attached hydrogens (tertiary/aromatic N) is 3. The largest absolute Gasteiger partial charge is 0.507 e. The van der Waals surface area contributed by atoms with Crippen molar-refractivity contribution in [3.8, 4) is 17.1 Å². The van der Waals surface area contributed by atoms with E-state index in [4.69, 9.17) is 5.21 Å². The van der Waals surface area contributed by atoms with Crippen LogP contribution < -0.4 is 0 Å². The summed E-state index contributed by atoms with van der Waals surface area (Å²) in [5, 5.41) is 32.2. The quantitative estimate of drug-likeness (QED) is 0.415. The Bertz CT molecular complexity index is 661. The normalized spacial score (nSPS) is 16.5. The zero-order chi connectivity index (χ0) is 13.4. The summed E-state index contributed by atoms with van der Waals surface area (Å²) in [5.74, 6) is 0.300. The molecular weight excluding hydrogens is 246 g/mol. The first-order chi connectivity index (χ1) is 9.22. The van der Waals surface area contributed by atoms with E-state index in [1.54, 1.807) is 18.2 Å². The predicted molar refractivity (Wildman–Crippen MR) is 67.8 cm³/mol. The van der Waals surface area contributed by atoms with E-state index in [0.717, 1.165) is 11.2 Å². The molecule has 0 fully saturated rings. The van der Waals surface area contributed by atoms with Crippen LogP contribution in [0.1, 0.15) is 24.2 Å². The highest BCUT2D eigenvalue weighted by Gasteiger charge is 2.26. The maximum Gasteiger partial charge on any atom is 0.179 e. The Hall–Kier alpha value is -2.50. The van der Waals surface area contributed by atoms with Crippen molar-refractivity contribution in [2.24, 2.45) is 5.16 Å². The third kappa shape index (κ3) is 1.72. The van der Waals surface area contributed by atoms with Crippen LogP contribution >= 0.6 is 0 Å². The molecule has 0 saturated carbocycles. The maximum absolute atomic E-state index is 10.2. The van der Waals surface area contributed by atoms with Gasteiger partial charge in [-0.2, -0.15) is 4.73 Å². The van der Waals surface area contributed by atoms with Crippen LogP contribution in [0.5, 0.6) is 5.75 Å². The molecule has 1 aromatic carbocycles. The van der Waals surface area contributed by atoms with E-state index in [2.05, 4.69) is 10.1 Å². The lowest BCUT2D eigenvalue weighted by Gasteiger charge is -2.11. The molecule has 6 nitrogen and oxygen atoms in total. The number of aromatic nitrogens is 2. The molecule has 0 spiro atoms. The minimum absolute atomic E-state index is 0.0441. The second-order valence-electron chi connectivity index (χ2n) is 4.46. The van der Waals surface area contributed by atoms with E-state index in [1.165, 1.54) is 6.07 Å². The van der Waals surface area contributed by atoms with Crippen molar-refractivity contribution in [3.05, 3.63) is 35.7 Å². The number of fused-ring (bicyclic) bond motifs is 1. The summed E-state index contributed by atoms with van der Waals surface area (Å²) >= 11 is 0. The fourth-order valence-electron chi connectivity index (χ4n) is 2.38. The first kappa shape index (κ1) is 11.6. The molecule has 1 heterocycles. The minimum atomic E-state index is 0.0441. The fraction of sp³-hybridized carbons (Fsp3) is 0.231. The second-order valence-corrected chi connectivity index (χ2v) is 4.46. The van der Waals surface area contributed by atoms with Crippen LogP contribution in [-0.4, -0.2) is 30.9 Å². The van der Waals surface area contributed by atoms with Crippen LogP contribution in [0.4, 0.5) is 0 Å². The third-order valence-corrected chi connectivity index (χ3v) is 3.31. The molecule has 1 aliphatic carbocycles. The number of para-hydroxylation sites is 1. The molecular formula is C13H13N3O3. The average Bonchev–Trinajstić information content (AvgIpc) is 2.77. The lowest BCUT2D eigenvalue weighted by Crippen LogP contribution is -2.13. The van der Waals surface area contributed by atoms with Crippen LogP contribution in [0.15, 0.2) is 29.4 Å². The summed E-state index contributed by atoms with van der Waals surface area (Å²) in [6.45, 7) is 0. The van der Waals surface area contributed by atoms with Gasteiger partial charge in [0, 0.05) is 0 Å². The van der Waals surface area contributed by atoms with Gasteiger partial charge in [0.2, 0.25) is 0 Å². The summed E-state index contributed by atoms with van der Waals surface area (Å²) in [5.41, 5.74) is 2.01. The Morgan fingerprint density at radius 3 is 2.74 bits per heavy atom. The number of benzene rings is 1. The Morgan fingerprint density at radius 1 is 1.21 bits per heavy atom. The van der Waals surface area contributed by atoms with E-state index < -0.39 is 0 Å². The molecule has 3 rings (SSSR count). The lowest BCUT2D eigenvalue weighted by atomic mass is 9.99. The van der Waals surface area contributed by atoms with Gasteiger partial charge in [0.1, 0.15) is 17.2 Å². The van der Waals surface area contributed by atoms with Gasteiger partial charge in [-0.1, -0.05) is 17.3 Å². The minimum Gasteiger partial charge on any atom is -0.507 e. The van der Waals surface area contributed by atoms with Crippen molar-refractivity contribution in [1.82, 2.24) is 9.71 Å². The molecule has 0 unspecified atom stereocenters. The van der Waals surface area contributed by atoms with Gasteiger partial charge in [0.15, 0.2) is 5.82 Å². The smallest absolute Gasteiger partial charge is 0.179 e. The number of hydrogen-bond donors (Lipinski definition) is 3. The number of aromatic hydroxyl groups is 1. The van der Waals surface area contributed by atoms with Crippen molar-refractivity contribution in [3.63, 3.8) is 0 Å². The average molecular weight is 259 g/mol. The molecule has 3 N–H and O–H groups in total. The molecule has 0 amide bonds. The monoisotopic (exact) mass is 259 g/mol. The van der Waals surface area contributed by atoms with Crippen molar-refractivity contribution >= 4 is 5.71 Å². The Kier molecular flexibility index (Phi) is 2.63. The van der Waals surface area contributed by atoms with E-state index in [1.807, 2.05) is 0 Å². The molecule has 0 bridgehead atoms. The van der Waals surface area contributed by atoms with Gasteiger partial charge in [-0.05, 0) is 31.4 Å². The molecule has 2 aromatic rings. The summed E-state index contributed by atoms with van der Waals surface area (Å²) in [6.07, 6.45) is 2.07. The lowest BCUT2D eigenvalue weighted by molar-refractivity contribution is 0.180. The van der Waals surface area contributed by atoms with E-state index in [-0.39, 0.29) is 11.6 Å². The Labute approximate surface area is 109 Å². The molecule has 0 aliphatic heterocycles. The summed E-state index contributed by atoms with van der Waals surface area (Å²) in [6, 6.07) is 6.66. The van der Waals surface area contributed by atoms with Gasteiger partial charge in [0.05, 0.1) is 11.3 Å². The van der Waals surface area contributed by atoms with Gasteiger partial charge < -0.3 is 15.5 Å². The Balaban J connectivity index is 2.20. The van der Waals surface area contributed by atoms with Gasteiger partial charge in [-0.3, -0.25) is 0 Å². The zero-order valence-electron chi connectivity index (χ0n) is 10.1. The van der Waals surface area contributed by atoms with Crippen molar-refractivity contribution in [2.45, 2.75) is 19.3 Å². The first-order valence-corrected chi connectivity index (χ1v) is 6.03. The molecule has 0 atom stereocenters. The number of imidazole rings is 1. The molecule has 1 aromatic heterocycles. The van der Waals surface area contributed by atoms with Gasteiger partial charge in [-0.15, -0.1) is 0 Å². The maximum atomic E-state index is 10.2. The topological polar surface area (TPSA) is 90.9 Å². The standard InChI is InChI=1S/C13H13N3O3/c17-11-7-2-1-4-8(11)13-14-12-9(15-18)5-3-6-10(12)16(13)19/h1-2,4,7,17-19H,3,5-6H2. The molecule has 6 heteroatoms. The summed E-state index contributed by atoms with van der Waals surface area (Å²) in [7, 11) is 0. The fourth-order valence-corrected chi connectivity index (χ4v) is 2.38. The highest BCUT2D eigenvalue weighted by atomic mass is 16.5. The van der Waals surface area contributed by atoms with Crippen molar-refractivity contribution < 1.29 is 15.5 Å². The molecule has 0 saturated heterocycles. The highest BCUT2D eigenvalue weighted by molar-refractivity contribution is 6.01. The van der Waals surface area contributed by atoms with E-state index in [0.29, 0.717) is 35.5 Å². The number of hydrogen-bond acceptors (Lipinski definition) is 5. The molecule has 1 aliphatic rings. The van der Waals surface area contributed by atoms with Crippen LogP contribution in [0.2, 0.25) is 0 Å². The van der Waals surface area contributed by atoms with E-state index >= 15 is 0 Å². The summed E-state index contributed by atoms with van der Waals surface area (Å²) < 4.78 is 0.967. The van der Waals surface area contributed by atoms with Gasteiger partial charge in [0.25, 0.3) is 0 Å². The van der Waals surface area contributed by atoms with Crippen LogP contribution in [-0.2, 0) is 6.42 Å². The van der Waals surface area contributed by atoms with Gasteiger partial charge >= 0.3 is 0 Å². The van der Waals surface area contributed by atoms with Crippen molar-refractivity contribution in [1.29, 1.82) is 0 Å². The number of oxime groups is 1. The first-order valence-electron chi connectivity index (χ1n) is 6.03. The van der Waals surface area contributed by atoms with Crippen LogP contribution in [0.25, 0.3) is 11.4 Å². The second kappa shape index (κ2) is 4.31. The molecule has 0 radical (unpaired) electrons. The Morgan fingerprint density at radius 2 is 2.00 bits per heavy atom. The van der Waals surface area contributed by atoms with Crippen molar-refractivity contribution in [2.75, 3.05) is 0 Å². The van der Waals surface area contributed by atoms with Gasteiger partial charge in [-0.25, -0.2) is 4.98 Å². The van der Waals surface area contributed by atoms with Crippen LogP contribution in [0, 0.1) is 0 Å². The molecule has 98 valence electrons. The summed E-state index contributed by atoms with van der Waals surface area (Å²) in [4.78, 5) is 4.30.